The number of carboxylic acid groups (broad SMARTS) is 1. The summed E-state index contributed by atoms with van der Waals surface area (Å²) in [6.07, 6.45) is 1.52. The number of nitrogens with zero attached hydrogens (tertiary/aromatic N) is 1. The molecule has 0 aromatic heterocycles. The summed E-state index contributed by atoms with van der Waals surface area (Å²) in [6, 6.07) is 6.67. The average Bonchev–Trinajstić information content (AvgIpc) is 3.19. The van der Waals surface area contributed by atoms with Gasteiger partial charge in [-0.3, -0.25) is 0 Å². The van der Waals surface area contributed by atoms with E-state index in [0.29, 0.717) is 31.3 Å². The molecule has 1 heterocycles. The first-order chi connectivity index (χ1) is 10.1. The fourth-order valence-electron chi connectivity index (χ4n) is 2.96. The van der Waals surface area contributed by atoms with E-state index in [0.717, 1.165) is 17.5 Å². The maximum absolute atomic E-state index is 12.3. The molecule has 0 radical (unpaired) electrons. The van der Waals surface area contributed by atoms with Crippen LogP contribution in [-0.2, 0) is 17.8 Å². The summed E-state index contributed by atoms with van der Waals surface area (Å²) >= 11 is 0. The van der Waals surface area contributed by atoms with Crippen LogP contribution in [0, 0.1) is 11.8 Å². The highest BCUT2D eigenvalue weighted by Gasteiger charge is 2.36. The predicted octanol–water partition coefficient (Wildman–Crippen LogP) is 1.86. The summed E-state index contributed by atoms with van der Waals surface area (Å²) in [6.45, 7) is 3.16. The molecule has 5 nitrogen and oxygen atoms in total. The highest BCUT2D eigenvalue weighted by atomic mass is 16.4. The molecule has 3 atom stereocenters. The van der Waals surface area contributed by atoms with Gasteiger partial charge < -0.3 is 15.3 Å². The van der Waals surface area contributed by atoms with Crippen molar-refractivity contribution in [2.24, 2.45) is 11.8 Å². The number of rotatable bonds is 3. The summed E-state index contributed by atoms with van der Waals surface area (Å²) in [7, 11) is 0. The summed E-state index contributed by atoms with van der Waals surface area (Å²) in [5.41, 5.74) is 2.05. The lowest BCUT2D eigenvalue weighted by molar-refractivity contribution is -0.142. The SMILES string of the molecule is CC1CC1CNC(=O)N1Cc2ccccc2CC1C(=O)O. The van der Waals surface area contributed by atoms with E-state index in [2.05, 4.69) is 12.2 Å². The quantitative estimate of drug-likeness (QED) is 0.892. The van der Waals surface area contributed by atoms with Crippen LogP contribution in [0.5, 0.6) is 0 Å². The Morgan fingerprint density at radius 1 is 1.33 bits per heavy atom. The Hall–Kier alpha value is -2.04. The van der Waals surface area contributed by atoms with E-state index in [1.54, 1.807) is 0 Å². The number of benzene rings is 1. The monoisotopic (exact) mass is 288 g/mol. The Morgan fingerprint density at radius 3 is 2.62 bits per heavy atom. The first-order valence-corrected chi connectivity index (χ1v) is 7.40. The Bertz CT molecular complexity index is 572. The number of fused-ring (bicyclic) bond motifs is 1. The Morgan fingerprint density at radius 2 is 2.00 bits per heavy atom. The van der Waals surface area contributed by atoms with E-state index in [1.807, 2.05) is 24.3 Å². The molecule has 112 valence electrons. The first-order valence-electron chi connectivity index (χ1n) is 7.40. The van der Waals surface area contributed by atoms with E-state index in [-0.39, 0.29) is 6.03 Å². The molecular formula is C16H20N2O3. The fourth-order valence-corrected chi connectivity index (χ4v) is 2.96. The van der Waals surface area contributed by atoms with E-state index < -0.39 is 12.0 Å². The minimum atomic E-state index is -0.945. The van der Waals surface area contributed by atoms with Crippen LogP contribution in [0.1, 0.15) is 24.5 Å². The molecule has 0 spiro atoms. The molecule has 1 aromatic carbocycles. The van der Waals surface area contributed by atoms with Gasteiger partial charge >= 0.3 is 12.0 Å². The van der Waals surface area contributed by atoms with Gasteiger partial charge in [0.05, 0.1) is 0 Å². The number of nitrogens with one attached hydrogen (secondary N) is 1. The Balaban J connectivity index is 1.72. The van der Waals surface area contributed by atoms with Crippen molar-refractivity contribution in [3.8, 4) is 0 Å². The molecule has 3 rings (SSSR count). The normalized spacial score (nSPS) is 26.9. The standard InChI is InChI=1S/C16H20N2O3/c1-10-6-13(10)8-17-16(21)18-9-12-5-3-2-4-11(12)7-14(18)15(19)20/h2-5,10,13-14H,6-9H2,1H3,(H,17,21)(H,19,20). The third kappa shape index (κ3) is 2.86. The van der Waals surface area contributed by atoms with Crippen LogP contribution < -0.4 is 5.32 Å². The van der Waals surface area contributed by atoms with Crippen LogP contribution in [-0.4, -0.2) is 34.6 Å². The van der Waals surface area contributed by atoms with Crippen molar-refractivity contribution < 1.29 is 14.7 Å². The number of urea groups is 1. The van der Waals surface area contributed by atoms with Crippen molar-refractivity contribution in [3.63, 3.8) is 0 Å². The first kappa shape index (κ1) is 13.9. The molecule has 1 aliphatic heterocycles. The summed E-state index contributed by atoms with van der Waals surface area (Å²) < 4.78 is 0. The molecule has 0 bridgehead atoms. The third-order valence-electron chi connectivity index (χ3n) is 4.59. The molecule has 1 aromatic rings. The maximum atomic E-state index is 12.3. The average molecular weight is 288 g/mol. The molecule has 2 N–H and O–H groups in total. The lowest BCUT2D eigenvalue weighted by atomic mass is 9.94. The largest absolute Gasteiger partial charge is 0.480 e. The van der Waals surface area contributed by atoms with Gasteiger partial charge in [-0.2, -0.15) is 0 Å². The van der Waals surface area contributed by atoms with E-state index in [9.17, 15) is 14.7 Å². The van der Waals surface area contributed by atoms with Gasteiger partial charge in [0.25, 0.3) is 0 Å². The molecule has 0 saturated heterocycles. The molecule has 5 heteroatoms. The van der Waals surface area contributed by atoms with E-state index >= 15 is 0 Å². The topological polar surface area (TPSA) is 69.6 Å². The Kier molecular flexibility index (Phi) is 3.57. The van der Waals surface area contributed by atoms with Crippen LogP contribution in [0.25, 0.3) is 0 Å². The van der Waals surface area contributed by atoms with E-state index in [4.69, 9.17) is 0 Å². The van der Waals surface area contributed by atoms with Gasteiger partial charge in [-0.05, 0) is 29.4 Å². The van der Waals surface area contributed by atoms with Crippen molar-refractivity contribution in [1.29, 1.82) is 0 Å². The number of carbonyl (C=O) groups excluding carboxylic acids is 1. The zero-order valence-electron chi connectivity index (χ0n) is 12.1. The number of aliphatic carboxylic acids is 1. The number of amides is 2. The minimum Gasteiger partial charge on any atom is -0.480 e. The van der Waals surface area contributed by atoms with Gasteiger partial charge in [0.15, 0.2) is 0 Å². The third-order valence-corrected chi connectivity index (χ3v) is 4.59. The van der Waals surface area contributed by atoms with Gasteiger partial charge in [0.2, 0.25) is 0 Å². The highest BCUT2D eigenvalue weighted by molar-refractivity contribution is 5.83. The van der Waals surface area contributed by atoms with Gasteiger partial charge in [-0.15, -0.1) is 0 Å². The Labute approximate surface area is 123 Å². The van der Waals surface area contributed by atoms with Crippen molar-refractivity contribution in [2.75, 3.05) is 6.54 Å². The van der Waals surface area contributed by atoms with Gasteiger partial charge in [-0.1, -0.05) is 31.2 Å². The van der Waals surface area contributed by atoms with Crippen molar-refractivity contribution in [2.45, 2.75) is 32.4 Å². The molecule has 3 unspecified atom stereocenters. The molecule has 1 aliphatic carbocycles. The summed E-state index contributed by atoms with van der Waals surface area (Å²) in [4.78, 5) is 25.2. The second-order valence-electron chi connectivity index (χ2n) is 6.11. The van der Waals surface area contributed by atoms with E-state index in [1.165, 1.54) is 4.90 Å². The minimum absolute atomic E-state index is 0.268. The molecule has 1 saturated carbocycles. The van der Waals surface area contributed by atoms with Crippen LogP contribution in [0.3, 0.4) is 0 Å². The zero-order chi connectivity index (χ0) is 15.0. The number of hydrogen-bond donors (Lipinski definition) is 2. The smallest absolute Gasteiger partial charge is 0.326 e. The number of carbonyl (C=O) groups is 2. The van der Waals surface area contributed by atoms with Crippen LogP contribution in [0.4, 0.5) is 4.79 Å². The molecule has 2 aliphatic rings. The number of carboxylic acids is 1. The predicted molar refractivity (Wildman–Crippen MR) is 77.8 cm³/mol. The van der Waals surface area contributed by atoms with Crippen molar-refractivity contribution >= 4 is 12.0 Å². The number of hydrogen-bond acceptors (Lipinski definition) is 2. The zero-order valence-corrected chi connectivity index (χ0v) is 12.1. The fraction of sp³-hybridized carbons (Fsp3) is 0.500. The molecule has 2 amide bonds. The summed E-state index contributed by atoms with van der Waals surface area (Å²) in [5.74, 6) is 0.274. The molecule has 21 heavy (non-hydrogen) atoms. The molecular weight excluding hydrogens is 268 g/mol. The lowest BCUT2D eigenvalue weighted by Gasteiger charge is -2.34. The molecule has 1 fully saturated rings. The van der Waals surface area contributed by atoms with Gasteiger partial charge in [0, 0.05) is 19.5 Å². The van der Waals surface area contributed by atoms with Gasteiger partial charge in [-0.25, -0.2) is 9.59 Å². The second-order valence-corrected chi connectivity index (χ2v) is 6.11. The van der Waals surface area contributed by atoms with Crippen molar-refractivity contribution in [1.82, 2.24) is 10.2 Å². The van der Waals surface area contributed by atoms with Crippen LogP contribution in [0.2, 0.25) is 0 Å². The highest BCUT2D eigenvalue weighted by Crippen LogP contribution is 2.36. The van der Waals surface area contributed by atoms with Crippen LogP contribution >= 0.6 is 0 Å². The maximum Gasteiger partial charge on any atom is 0.326 e. The summed E-state index contributed by atoms with van der Waals surface area (Å²) in [5, 5.41) is 12.3. The van der Waals surface area contributed by atoms with Gasteiger partial charge in [0.1, 0.15) is 6.04 Å². The van der Waals surface area contributed by atoms with Crippen LogP contribution in [0.15, 0.2) is 24.3 Å². The van der Waals surface area contributed by atoms with Crippen molar-refractivity contribution in [3.05, 3.63) is 35.4 Å². The second kappa shape index (κ2) is 5.39. The lowest BCUT2D eigenvalue weighted by Crippen LogP contribution is -2.52.